The van der Waals surface area contributed by atoms with Gasteiger partial charge in [-0.1, -0.05) is 40.6 Å². The van der Waals surface area contributed by atoms with Crippen molar-refractivity contribution in [3.63, 3.8) is 0 Å². The molecule has 1 fully saturated rings. The summed E-state index contributed by atoms with van der Waals surface area (Å²) in [4.78, 5) is 2.22. The highest BCUT2D eigenvalue weighted by atomic mass is 32.3. The second-order valence-electron chi connectivity index (χ2n) is 7.75. The van der Waals surface area contributed by atoms with Gasteiger partial charge in [-0.15, -0.1) is 4.72 Å². The number of nitrogens with one attached hydrogen (secondary N) is 1. The van der Waals surface area contributed by atoms with Gasteiger partial charge in [0.05, 0.1) is 19.6 Å². The lowest BCUT2D eigenvalue weighted by molar-refractivity contribution is -0.130. The molecule has 1 unspecified atom stereocenters. The zero-order valence-corrected chi connectivity index (χ0v) is 18.2. The number of nitrogens with zero attached hydrogens (tertiary/aromatic N) is 1. The van der Waals surface area contributed by atoms with Gasteiger partial charge in [0.2, 0.25) is 0 Å². The van der Waals surface area contributed by atoms with E-state index in [9.17, 15) is 21.9 Å². The first-order valence-corrected chi connectivity index (χ1v) is 11.8. The van der Waals surface area contributed by atoms with Gasteiger partial charge in [-0.2, -0.15) is 13.2 Å². The van der Waals surface area contributed by atoms with Gasteiger partial charge in [-0.05, 0) is 36.1 Å². The highest BCUT2D eigenvalue weighted by Crippen LogP contribution is 2.30. The van der Waals surface area contributed by atoms with Gasteiger partial charge in [0.1, 0.15) is 21.9 Å². The Labute approximate surface area is 182 Å². The predicted octanol–water partition coefficient (Wildman–Crippen LogP) is 4.41. The first-order valence-electron chi connectivity index (χ1n) is 10.2. The molecule has 0 bridgehead atoms. The van der Waals surface area contributed by atoms with Crippen molar-refractivity contribution in [1.29, 1.82) is 0 Å². The molecule has 0 spiro atoms. The Kier molecular flexibility index (Phi) is 7.74. The molecule has 0 aliphatic carbocycles. The molecule has 1 aliphatic heterocycles. The Balaban J connectivity index is 1.54. The Morgan fingerprint density at radius 1 is 1.16 bits per heavy atom. The van der Waals surface area contributed by atoms with Crippen LogP contribution in [0.25, 0.3) is 11.1 Å². The summed E-state index contributed by atoms with van der Waals surface area (Å²) in [6, 6.07) is 15.7. The van der Waals surface area contributed by atoms with Crippen molar-refractivity contribution in [3.8, 4) is 16.9 Å². The molecule has 1 atom stereocenters. The van der Waals surface area contributed by atoms with E-state index in [1.54, 1.807) is 7.11 Å². The molecule has 1 N–H and O–H groups in total. The number of benzene rings is 2. The second kappa shape index (κ2) is 10.1. The summed E-state index contributed by atoms with van der Waals surface area (Å²) in [5.41, 5.74) is 3.20. The molecular formula is C22H27F3N2O3S. The Morgan fingerprint density at radius 3 is 2.55 bits per heavy atom. The van der Waals surface area contributed by atoms with E-state index in [0.29, 0.717) is 25.9 Å². The third kappa shape index (κ3) is 7.31. The fourth-order valence-corrected chi connectivity index (χ4v) is 5.11. The van der Waals surface area contributed by atoms with Crippen LogP contribution in [0.5, 0.6) is 5.75 Å². The van der Waals surface area contributed by atoms with Gasteiger partial charge in [0, 0.05) is 25.2 Å². The summed E-state index contributed by atoms with van der Waals surface area (Å²) in [5, 5.41) is 0. The maximum Gasteiger partial charge on any atom is 0.393 e. The van der Waals surface area contributed by atoms with E-state index in [0.717, 1.165) is 29.0 Å². The van der Waals surface area contributed by atoms with E-state index in [2.05, 4.69) is 15.7 Å². The molecule has 2 aromatic carbocycles. The van der Waals surface area contributed by atoms with Crippen LogP contribution in [0.2, 0.25) is 0 Å². The fourth-order valence-electron chi connectivity index (χ4n) is 3.75. The van der Waals surface area contributed by atoms with Crippen LogP contribution in [-0.4, -0.2) is 47.6 Å². The summed E-state index contributed by atoms with van der Waals surface area (Å²) in [6.45, 7) is 2.06. The number of rotatable bonds is 8. The number of sulfonamides is 1. The predicted molar refractivity (Wildman–Crippen MR) is 114 cm³/mol. The third-order valence-corrected chi connectivity index (χ3v) is 6.77. The fraction of sp³-hybridized carbons (Fsp3) is 0.455. The SMILES string of the molecule is COc1ccccc1-c1cccc(CN2CCC(N[S+](=O)([O-])CCC(F)(F)F)CC2)c1. The lowest BCUT2D eigenvalue weighted by Gasteiger charge is -2.33. The van der Waals surface area contributed by atoms with Gasteiger partial charge >= 0.3 is 6.18 Å². The lowest BCUT2D eigenvalue weighted by Crippen LogP contribution is -2.47. The molecule has 0 radical (unpaired) electrons. The van der Waals surface area contributed by atoms with Crippen LogP contribution in [-0.2, 0) is 21.2 Å². The highest BCUT2D eigenvalue weighted by molar-refractivity contribution is 7.95. The number of hydrogen-bond acceptors (Lipinski definition) is 4. The smallest absolute Gasteiger partial charge is 0.393 e. The molecule has 31 heavy (non-hydrogen) atoms. The summed E-state index contributed by atoms with van der Waals surface area (Å²) >= 11 is 0. The lowest BCUT2D eigenvalue weighted by atomic mass is 10.0. The van der Waals surface area contributed by atoms with E-state index >= 15 is 0 Å². The standard InChI is InChI=1S/C22H27F3N2O3S/c1-30-21-8-3-2-7-20(21)18-6-4-5-17(15-18)16-27-12-9-19(10-13-27)26-31(28,29)14-11-22(23,24)25/h2-8,15,19H,9-14,16H2,1H3,(H-,26,28,29). The van der Waals surface area contributed by atoms with E-state index in [-0.39, 0.29) is 6.04 Å². The Bertz CT molecular complexity index is 915. The summed E-state index contributed by atoms with van der Waals surface area (Å²) in [6.07, 6.45) is -4.67. The Hall–Kier alpha value is -1.94. The number of ether oxygens (including phenoxy) is 1. The summed E-state index contributed by atoms with van der Waals surface area (Å²) in [7, 11) is -2.29. The molecule has 0 saturated carbocycles. The number of likely N-dealkylation sites (tertiary alicyclic amines) is 1. The molecular weight excluding hydrogens is 429 g/mol. The highest BCUT2D eigenvalue weighted by Gasteiger charge is 2.34. The van der Waals surface area contributed by atoms with Crippen LogP contribution in [0.4, 0.5) is 13.2 Å². The van der Waals surface area contributed by atoms with Crippen molar-refractivity contribution in [3.05, 3.63) is 54.1 Å². The number of piperidine rings is 1. The van der Waals surface area contributed by atoms with Crippen molar-refractivity contribution in [2.24, 2.45) is 0 Å². The van der Waals surface area contributed by atoms with Crippen LogP contribution in [0, 0.1) is 0 Å². The minimum absolute atomic E-state index is 0.325. The number of alkyl halides is 3. The van der Waals surface area contributed by atoms with Crippen molar-refractivity contribution < 1.29 is 26.7 Å². The third-order valence-electron chi connectivity index (χ3n) is 5.34. The van der Waals surface area contributed by atoms with Gasteiger partial charge < -0.3 is 9.29 Å². The molecule has 170 valence electrons. The van der Waals surface area contributed by atoms with Crippen molar-refractivity contribution in [1.82, 2.24) is 9.62 Å². The number of halogens is 3. The first-order chi connectivity index (χ1) is 14.6. The van der Waals surface area contributed by atoms with Crippen LogP contribution < -0.4 is 9.46 Å². The molecule has 1 heterocycles. The number of para-hydroxylation sites is 1. The van der Waals surface area contributed by atoms with Gasteiger partial charge in [0.15, 0.2) is 0 Å². The largest absolute Gasteiger partial charge is 0.598 e. The summed E-state index contributed by atoms with van der Waals surface area (Å²) < 4.78 is 68.6. The van der Waals surface area contributed by atoms with Crippen LogP contribution in [0.1, 0.15) is 24.8 Å². The quantitative estimate of drug-likeness (QED) is 0.598. The minimum Gasteiger partial charge on any atom is -0.598 e. The average Bonchev–Trinajstić information content (AvgIpc) is 2.73. The Morgan fingerprint density at radius 2 is 1.87 bits per heavy atom. The average molecular weight is 457 g/mol. The van der Waals surface area contributed by atoms with E-state index in [1.165, 1.54) is 0 Å². The van der Waals surface area contributed by atoms with E-state index in [4.69, 9.17) is 4.74 Å². The van der Waals surface area contributed by atoms with Crippen LogP contribution in [0.3, 0.4) is 0 Å². The van der Waals surface area contributed by atoms with Gasteiger partial charge in [-0.25, -0.2) is 0 Å². The molecule has 1 saturated heterocycles. The topological polar surface area (TPSA) is 64.6 Å². The van der Waals surface area contributed by atoms with E-state index < -0.39 is 28.7 Å². The maximum absolute atomic E-state index is 12.3. The second-order valence-corrected chi connectivity index (χ2v) is 9.63. The summed E-state index contributed by atoms with van der Waals surface area (Å²) in [5.74, 6) is -0.120. The molecule has 5 nitrogen and oxygen atoms in total. The van der Waals surface area contributed by atoms with Gasteiger partial charge in [-0.3, -0.25) is 4.90 Å². The van der Waals surface area contributed by atoms with Crippen LogP contribution in [0.15, 0.2) is 48.5 Å². The molecule has 0 amide bonds. The number of methoxy groups -OCH3 is 1. The molecule has 9 heteroatoms. The van der Waals surface area contributed by atoms with Gasteiger partial charge in [0.25, 0.3) is 0 Å². The maximum atomic E-state index is 12.3. The molecule has 0 aromatic heterocycles. The monoisotopic (exact) mass is 456 g/mol. The number of hydrogen-bond donors (Lipinski definition) is 1. The minimum atomic E-state index is -4.48. The zero-order valence-electron chi connectivity index (χ0n) is 17.4. The van der Waals surface area contributed by atoms with Crippen molar-refractivity contribution >= 4 is 10.4 Å². The zero-order chi connectivity index (χ0) is 22.5. The van der Waals surface area contributed by atoms with Crippen molar-refractivity contribution in [2.75, 3.05) is 26.0 Å². The van der Waals surface area contributed by atoms with E-state index in [1.807, 2.05) is 42.5 Å². The van der Waals surface area contributed by atoms with Crippen molar-refractivity contribution in [2.45, 2.75) is 38.0 Å². The first kappa shape index (κ1) is 23.7. The van der Waals surface area contributed by atoms with Crippen LogP contribution >= 0.6 is 0 Å². The molecule has 3 rings (SSSR count). The molecule has 2 aromatic rings. The molecule has 1 aliphatic rings. The normalized spacial score (nSPS) is 18.0.